The van der Waals surface area contributed by atoms with E-state index in [1.807, 2.05) is 6.92 Å². The van der Waals surface area contributed by atoms with Crippen molar-refractivity contribution in [1.29, 1.82) is 0 Å². The van der Waals surface area contributed by atoms with Crippen LogP contribution in [0.3, 0.4) is 0 Å². The minimum atomic E-state index is -3.22. The maximum atomic E-state index is 11.4. The number of nitrogens with one attached hydrogen (secondary N) is 2. The van der Waals surface area contributed by atoms with E-state index in [-0.39, 0.29) is 12.3 Å². The Labute approximate surface area is 89.1 Å². The largest absolute Gasteiger partial charge is 0.364 e. The molecule has 0 saturated carbocycles. The topological polar surface area (TPSA) is 84.2 Å². The third kappa shape index (κ3) is 4.91. The minimum absolute atomic E-state index is 0.0681. The van der Waals surface area contributed by atoms with Gasteiger partial charge in [0.05, 0.1) is 18.0 Å². The van der Waals surface area contributed by atoms with E-state index in [0.717, 1.165) is 6.54 Å². The zero-order valence-corrected chi connectivity index (χ0v) is 9.38. The lowest BCUT2D eigenvalue weighted by atomic mass is 10.5. The molecule has 0 unspecified atom stereocenters. The molecule has 7 heteroatoms. The molecule has 0 aliphatic rings. The van der Waals surface area contributed by atoms with E-state index < -0.39 is 10.0 Å². The number of sulfonamides is 1. The second-order valence-electron chi connectivity index (χ2n) is 2.98. The molecule has 15 heavy (non-hydrogen) atoms. The molecule has 1 heterocycles. The molecular formula is C8H15N3O3S. The van der Waals surface area contributed by atoms with E-state index in [1.165, 1.54) is 6.26 Å². The van der Waals surface area contributed by atoms with Crippen LogP contribution in [0.5, 0.6) is 0 Å². The summed E-state index contributed by atoms with van der Waals surface area (Å²) < 4.78 is 29.8. The van der Waals surface area contributed by atoms with Crippen molar-refractivity contribution in [3.63, 3.8) is 0 Å². The van der Waals surface area contributed by atoms with Crippen LogP contribution in [0.25, 0.3) is 0 Å². The van der Waals surface area contributed by atoms with Gasteiger partial charge in [-0.15, -0.1) is 0 Å². The standard InChI is InChI=1S/C8H15N3O3S/c1-2-9-4-6-15(12,13)10-7-8-3-5-14-11-8/h3,5,9-10H,2,4,6-7H2,1H3. The van der Waals surface area contributed by atoms with Crippen molar-refractivity contribution in [3.05, 3.63) is 18.0 Å². The summed E-state index contributed by atoms with van der Waals surface area (Å²) >= 11 is 0. The summed E-state index contributed by atoms with van der Waals surface area (Å²) in [5.41, 5.74) is 0.571. The van der Waals surface area contributed by atoms with Crippen molar-refractivity contribution in [3.8, 4) is 0 Å². The van der Waals surface area contributed by atoms with Crippen LogP contribution < -0.4 is 10.0 Å². The van der Waals surface area contributed by atoms with Gasteiger partial charge in [-0.3, -0.25) is 0 Å². The number of nitrogens with zero attached hydrogens (tertiary/aromatic N) is 1. The van der Waals surface area contributed by atoms with Gasteiger partial charge in [0.25, 0.3) is 0 Å². The highest BCUT2D eigenvalue weighted by atomic mass is 32.2. The van der Waals surface area contributed by atoms with E-state index >= 15 is 0 Å². The Morgan fingerprint density at radius 2 is 2.33 bits per heavy atom. The summed E-state index contributed by atoms with van der Waals surface area (Å²) in [4.78, 5) is 0. The van der Waals surface area contributed by atoms with Gasteiger partial charge in [-0.2, -0.15) is 0 Å². The first-order chi connectivity index (χ1) is 7.14. The minimum Gasteiger partial charge on any atom is -0.364 e. The first-order valence-electron chi connectivity index (χ1n) is 4.71. The van der Waals surface area contributed by atoms with Gasteiger partial charge in [-0.25, -0.2) is 13.1 Å². The predicted molar refractivity (Wildman–Crippen MR) is 55.7 cm³/mol. The molecule has 0 amide bonds. The molecule has 1 aromatic rings. The monoisotopic (exact) mass is 233 g/mol. The molecule has 86 valence electrons. The Balaban J connectivity index is 2.30. The van der Waals surface area contributed by atoms with Crippen LogP contribution >= 0.6 is 0 Å². The van der Waals surface area contributed by atoms with Crippen molar-refractivity contribution in [2.75, 3.05) is 18.8 Å². The van der Waals surface area contributed by atoms with Crippen molar-refractivity contribution >= 4 is 10.0 Å². The molecule has 0 atom stereocenters. The third-order valence-electron chi connectivity index (χ3n) is 1.76. The Kier molecular flexibility index (Phi) is 4.73. The van der Waals surface area contributed by atoms with Crippen molar-refractivity contribution < 1.29 is 12.9 Å². The molecule has 6 nitrogen and oxygen atoms in total. The summed E-state index contributed by atoms with van der Waals surface area (Å²) in [6.07, 6.45) is 1.41. The lowest BCUT2D eigenvalue weighted by molar-refractivity contribution is 0.411. The van der Waals surface area contributed by atoms with Crippen LogP contribution in [-0.2, 0) is 16.6 Å². The number of aromatic nitrogens is 1. The molecule has 0 aliphatic heterocycles. The Hall–Kier alpha value is -0.920. The zero-order chi connectivity index (χ0) is 11.1. The molecule has 0 saturated heterocycles. The Morgan fingerprint density at radius 3 is 2.93 bits per heavy atom. The number of rotatable bonds is 7. The first kappa shape index (κ1) is 12.2. The maximum Gasteiger partial charge on any atom is 0.213 e. The van der Waals surface area contributed by atoms with Gasteiger partial charge < -0.3 is 9.84 Å². The fourth-order valence-electron chi connectivity index (χ4n) is 0.968. The zero-order valence-electron chi connectivity index (χ0n) is 8.56. The predicted octanol–water partition coefficient (Wildman–Crippen LogP) is -0.296. The van der Waals surface area contributed by atoms with Crippen LogP contribution in [-0.4, -0.2) is 32.4 Å². The summed E-state index contributed by atoms with van der Waals surface area (Å²) in [6.45, 7) is 3.31. The summed E-state index contributed by atoms with van der Waals surface area (Å²) in [5, 5.41) is 6.54. The van der Waals surface area contributed by atoms with Gasteiger partial charge in [-0.05, 0) is 6.54 Å². The Bertz CT molecular complexity index is 360. The lowest BCUT2D eigenvalue weighted by Gasteiger charge is -2.04. The maximum absolute atomic E-state index is 11.4. The van der Waals surface area contributed by atoms with E-state index in [0.29, 0.717) is 12.2 Å². The molecule has 2 N–H and O–H groups in total. The highest BCUT2D eigenvalue weighted by molar-refractivity contribution is 7.89. The summed E-state index contributed by atoms with van der Waals surface area (Å²) in [5.74, 6) is 0.0681. The number of hydrogen-bond donors (Lipinski definition) is 2. The van der Waals surface area contributed by atoms with Crippen LogP contribution in [0.4, 0.5) is 0 Å². The van der Waals surface area contributed by atoms with Crippen molar-refractivity contribution in [1.82, 2.24) is 15.2 Å². The van der Waals surface area contributed by atoms with Gasteiger partial charge in [-0.1, -0.05) is 12.1 Å². The highest BCUT2D eigenvalue weighted by Gasteiger charge is 2.09. The van der Waals surface area contributed by atoms with Crippen LogP contribution in [0.1, 0.15) is 12.6 Å². The van der Waals surface area contributed by atoms with Crippen molar-refractivity contribution in [2.24, 2.45) is 0 Å². The fourth-order valence-corrected chi connectivity index (χ4v) is 1.89. The van der Waals surface area contributed by atoms with E-state index in [2.05, 4.69) is 19.7 Å². The highest BCUT2D eigenvalue weighted by Crippen LogP contribution is 1.94. The molecule has 1 rings (SSSR count). The molecule has 0 spiro atoms. The van der Waals surface area contributed by atoms with Gasteiger partial charge in [0.1, 0.15) is 6.26 Å². The van der Waals surface area contributed by atoms with Gasteiger partial charge in [0.2, 0.25) is 10.0 Å². The third-order valence-corrected chi connectivity index (χ3v) is 3.09. The first-order valence-corrected chi connectivity index (χ1v) is 6.36. The van der Waals surface area contributed by atoms with Crippen LogP contribution in [0.2, 0.25) is 0 Å². The molecular weight excluding hydrogens is 218 g/mol. The number of hydrogen-bond acceptors (Lipinski definition) is 5. The smallest absolute Gasteiger partial charge is 0.213 e. The normalized spacial score (nSPS) is 11.8. The molecule has 0 fully saturated rings. The Morgan fingerprint density at radius 1 is 1.53 bits per heavy atom. The molecule has 0 aromatic carbocycles. The second-order valence-corrected chi connectivity index (χ2v) is 4.91. The molecule has 0 radical (unpaired) electrons. The van der Waals surface area contributed by atoms with E-state index in [9.17, 15) is 8.42 Å². The van der Waals surface area contributed by atoms with E-state index in [1.54, 1.807) is 6.07 Å². The SMILES string of the molecule is CCNCCS(=O)(=O)NCc1ccon1. The van der Waals surface area contributed by atoms with E-state index in [4.69, 9.17) is 0 Å². The van der Waals surface area contributed by atoms with Gasteiger partial charge in [0.15, 0.2) is 0 Å². The van der Waals surface area contributed by atoms with Gasteiger partial charge in [0, 0.05) is 12.6 Å². The molecule has 0 bridgehead atoms. The average molecular weight is 233 g/mol. The molecule has 1 aromatic heterocycles. The average Bonchev–Trinajstić information content (AvgIpc) is 2.68. The quantitative estimate of drug-likeness (QED) is 0.632. The fraction of sp³-hybridized carbons (Fsp3) is 0.625. The van der Waals surface area contributed by atoms with Gasteiger partial charge >= 0.3 is 0 Å². The van der Waals surface area contributed by atoms with Crippen LogP contribution in [0, 0.1) is 0 Å². The molecule has 0 aliphatic carbocycles. The lowest BCUT2D eigenvalue weighted by Crippen LogP contribution is -2.31. The summed E-state index contributed by atoms with van der Waals surface area (Å²) in [6, 6.07) is 1.62. The van der Waals surface area contributed by atoms with Crippen molar-refractivity contribution in [2.45, 2.75) is 13.5 Å². The van der Waals surface area contributed by atoms with Crippen LogP contribution in [0.15, 0.2) is 16.9 Å². The second kappa shape index (κ2) is 5.84. The summed E-state index contributed by atoms with van der Waals surface area (Å²) in [7, 11) is -3.22.